The lowest BCUT2D eigenvalue weighted by molar-refractivity contribution is 0.346. The predicted molar refractivity (Wildman–Crippen MR) is 106 cm³/mol. The molecule has 7 nitrogen and oxygen atoms in total. The lowest BCUT2D eigenvalue weighted by Gasteiger charge is -2.25. The van der Waals surface area contributed by atoms with E-state index in [9.17, 15) is 8.42 Å². The molecule has 0 saturated carbocycles. The molecule has 2 aromatic heterocycles. The molecule has 146 valence electrons. The molecule has 0 bridgehead atoms. The highest BCUT2D eigenvalue weighted by Gasteiger charge is 2.26. The molecular formula is C19H20N4O3S2. The second-order valence-corrected chi connectivity index (χ2v) is 9.40. The van der Waals surface area contributed by atoms with E-state index in [4.69, 9.17) is 4.52 Å². The van der Waals surface area contributed by atoms with Crippen molar-refractivity contribution in [2.24, 2.45) is 0 Å². The zero-order valence-electron chi connectivity index (χ0n) is 15.2. The Hall–Kier alpha value is -2.23. The minimum atomic E-state index is -3.45. The standard InChI is InChI=1S/C19H20N4O3S2/c24-28(25,23-11-5-2-6-12-23)16-9-10-18(20-13-16)27-14-17-21-19(26-22-17)15-7-3-1-4-8-15/h1,3-4,7-10,13H,2,5-6,11-12,14H2. The van der Waals surface area contributed by atoms with E-state index in [0.717, 1.165) is 24.8 Å². The van der Waals surface area contributed by atoms with Gasteiger partial charge in [-0.1, -0.05) is 41.5 Å². The van der Waals surface area contributed by atoms with Crippen molar-refractivity contribution in [3.8, 4) is 11.5 Å². The molecule has 1 aliphatic heterocycles. The topological polar surface area (TPSA) is 89.2 Å². The summed E-state index contributed by atoms with van der Waals surface area (Å²) in [6, 6.07) is 12.9. The molecule has 1 aliphatic rings. The van der Waals surface area contributed by atoms with Crippen LogP contribution in [0, 0.1) is 0 Å². The Labute approximate surface area is 168 Å². The largest absolute Gasteiger partial charge is 0.334 e. The number of aromatic nitrogens is 3. The van der Waals surface area contributed by atoms with Gasteiger partial charge in [0.25, 0.3) is 5.89 Å². The summed E-state index contributed by atoms with van der Waals surface area (Å²) in [6.45, 7) is 1.17. The van der Waals surface area contributed by atoms with Crippen molar-refractivity contribution in [2.45, 2.75) is 34.9 Å². The first-order chi connectivity index (χ1) is 13.6. The predicted octanol–water partition coefficient (Wildman–Crippen LogP) is 3.60. The molecule has 0 amide bonds. The second-order valence-electron chi connectivity index (χ2n) is 6.47. The third kappa shape index (κ3) is 4.26. The molecular weight excluding hydrogens is 396 g/mol. The minimum Gasteiger partial charge on any atom is -0.334 e. The number of rotatable bonds is 6. The maximum absolute atomic E-state index is 12.7. The maximum atomic E-state index is 12.7. The van der Waals surface area contributed by atoms with E-state index in [1.165, 1.54) is 18.0 Å². The minimum absolute atomic E-state index is 0.240. The summed E-state index contributed by atoms with van der Waals surface area (Å²) >= 11 is 1.43. The van der Waals surface area contributed by atoms with Gasteiger partial charge in [0, 0.05) is 24.8 Å². The van der Waals surface area contributed by atoms with Gasteiger partial charge in [-0.25, -0.2) is 13.4 Å². The summed E-state index contributed by atoms with van der Waals surface area (Å²) in [5, 5.41) is 4.70. The lowest BCUT2D eigenvalue weighted by Crippen LogP contribution is -2.35. The fourth-order valence-electron chi connectivity index (χ4n) is 3.01. The number of benzene rings is 1. The quantitative estimate of drug-likeness (QED) is 0.567. The molecule has 1 fully saturated rings. The van der Waals surface area contributed by atoms with Gasteiger partial charge in [0.1, 0.15) is 4.90 Å². The van der Waals surface area contributed by atoms with Crippen LogP contribution in [0.5, 0.6) is 0 Å². The van der Waals surface area contributed by atoms with Crippen molar-refractivity contribution in [1.29, 1.82) is 0 Å². The fraction of sp³-hybridized carbons (Fsp3) is 0.316. The van der Waals surface area contributed by atoms with Crippen molar-refractivity contribution in [3.05, 3.63) is 54.5 Å². The highest BCUT2D eigenvalue weighted by Crippen LogP contribution is 2.25. The van der Waals surface area contributed by atoms with Crippen LogP contribution in [0.4, 0.5) is 0 Å². The number of piperidine rings is 1. The van der Waals surface area contributed by atoms with E-state index in [0.29, 0.717) is 35.6 Å². The van der Waals surface area contributed by atoms with Crippen LogP contribution in [0.3, 0.4) is 0 Å². The summed E-state index contributed by atoms with van der Waals surface area (Å²) in [5.41, 5.74) is 0.872. The molecule has 0 spiro atoms. The molecule has 0 atom stereocenters. The number of thioether (sulfide) groups is 1. The molecule has 0 aliphatic carbocycles. The van der Waals surface area contributed by atoms with Crippen LogP contribution in [0.25, 0.3) is 11.5 Å². The monoisotopic (exact) mass is 416 g/mol. The highest BCUT2D eigenvalue weighted by atomic mass is 32.2. The Morgan fingerprint density at radius 2 is 1.82 bits per heavy atom. The Morgan fingerprint density at radius 3 is 2.54 bits per heavy atom. The molecule has 3 heterocycles. The average molecular weight is 417 g/mol. The van der Waals surface area contributed by atoms with Crippen LogP contribution < -0.4 is 0 Å². The zero-order chi connectivity index (χ0) is 19.4. The molecule has 28 heavy (non-hydrogen) atoms. The van der Waals surface area contributed by atoms with Crippen molar-refractivity contribution >= 4 is 21.8 Å². The number of hydrogen-bond donors (Lipinski definition) is 0. The number of sulfonamides is 1. The van der Waals surface area contributed by atoms with E-state index >= 15 is 0 Å². The van der Waals surface area contributed by atoms with Crippen LogP contribution in [-0.2, 0) is 15.8 Å². The Morgan fingerprint density at radius 1 is 1.04 bits per heavy atom. The van der Waals surface area contributed by atoms with E-state index in [1.54, 1.807) is 16.4 Å². The Bertz CT molecular complexity index is 1010. The van der Waals surface area contributed by atoms with E-state index < -0.39 is 10.0 Å². The molecule has 0 unspecified atom stereocenters. The van der Waals surface area contributed by atoms with Gasteiger partial charge in [0.15, 0.2) is 5.82 Å². The smallest absolute Gasteiger partial charge is 0.257 e. The van der Waals surface area contributed by atoms with Crippen molar-refractivity contribution in [2.75, 3.05) is 13.1 Å². The third-order valence-corrected chi connectivity index (χ3v) is 7.32. The number of hydrogen-bond acceptors (Lipinski definition) is 7. The molecule has 4 rings (SSSR count). The van der Waals surface area contributed by atoms with Crippen LogP contribution in [0.1, 0.15) is 25.1 Å². The first-order valence-corrected chi connectivity index (χ1v) is 11.5. The maximum Gasteiger partial charge on any atom is 0.257 e. The van der Waals surface area contributed by atoms with Gasteiger partial charge < -0.3 is 4.52 Å². The van der Waals surface area contributed by atoms with Crippen LogP contribution in [-0.4, -0.2) is 40.9 Å². The summed E-state index contributed by atoms with van der Waals surface area (Å²) in [6.07, 6.45) is 4.34. The Kier molecular flexibility index (Phi) is 5.74. The van der Waals surface area contributed by atoms with Crippen LogP contribution in [0.15, 0.2) is 63.1 Å². The number of nitrogens with zero attached hydrogens (tertiary/aromatic N) is 4. The Balaban J connectivity index is 1.39. The third-order valence-electron chi connectivity index (χ3n) is 4.50. The van der Waals surface area contributed by atoms with Gasteiger partial charge in [-0.2, -0.15) is 9.29 Å². The second kappa shape index (κ2) is 8.42. The van der Waals surface area contributed by atoms with Crippen LogP contribution in [0.2, 0.25) is 0 Å². The fourth-order valence-corrected chi connectivity index (χ4v) is 5.16. The number of pyridine rings is 1. The van der Waals surface area contributed by atoms with Gasteiger partial charge in [0.05, 0.1) is 10.8 Å². The zero-order valence-corrected chi connectivity index (χ0v) is 16.8. The molecule has 0 N–H and O–H groups in total. The highest BCUT2D eigenvalue weighted by molar-refractivity contribution is 7.98. The van der Waals surface area contributed by atoms with E-state index in [1.807, 2.05) is 30.3 Å². The SMILES string of the molecule is O=S(=O)(c1ccc(SCc2noc(-c3ccccc3)n2)nc1)N1CCCCC1. The molecule has 1 saturated heterocycles. The molecule has 0 radical (unpaired) electrons. The van der Waals surface area contributed by atoms with Gasteiger partial charge in [-0.3, -0.25) is 0 Å². The first kappa shape index (κ1) is 19.1. The summed E-state index contributed by atoms with van der Waals surface area (Å²) in [5.74, 6) is 1.53. The van der Waals surface area contributed by atoms with Gasteiger partial charge in [0.2, 0.25) is 10.0 Å². The van der Waals surface area contributed by atoms with Crippen LogP contribution >= 0.6 is 11.8 Å². The van der Waals surface area contributed by atoms with Gasteiger partial charge >= 0.3 is 0 Å². The summed E-state index contributed by atoms with van der Waals surface area (Å²) < 4.78 is 32.2. The van der Waals surface area contributed by atoms with E-state index in [-0.39, 0.29) is 4.90 Å². The summed E-state index contributed by atoms with van der Waals surface area (Å²) in [4.78, 5) is 8.92. The lowest BCUT2D eigenvalue weighted by atomic mass is 10.2. The van der Waals surface area contributed by atoms with Crippen molar-refractivity contribution in [3.63, 3.8) is 0 Å². The summed E-state index contributed by atoms with van der Waals surface area (Å²) in [7, 11) is -3.45. The van der Waals surface area contributed by atoms with Crippen molar-refractivity contribution < 1.29 is 12.9 Å². The molecule has 3 aromatic rings. The van der Waals surface area contributed by atoms with Gasteiger partial charge in [-0.15, -0.1) is 0 Å². The van der Waals surface area contributed by atoms with Gasteiger partial charge in [-0.05, 0) is 37.1 Å². The van der Waals surface area contributed by atoms with E-state index in [2.05, 4.69) is 15.1 Å². The first-order valence-electron chi connectivity index (χ1n) is 9.10. The molecule has 1 aromatic carbocycles. The van der Waals surface area contributed by atoms with Crippen molar-refractivity contribution in [1.82, 2.24) is 19.4 Å². The normalized spacial score (nSPS) is 15.6. The average Bonchev–Trinajstić information content (AvgIpc) is 3.23. The molecule has 9 heteroatoms.